The highest BCUT2D eigenvalue weighted by atomic mass is 32.2. The van der Waals surface area contributed by atoms with Gasteiger partial charge in [0, 0.05) is 17.8 Å². The molecule has 3 aromatic carbocycles. The number of carbonyl (C=O) groups is 1. The SMILES string of the molecule is CCOc1ccc(-n2c(SCC(=O)NCc3ccc(OC)cc3)nnc2-c2cccc(C)c2)cc1. The molecule has 1 amide bonds. The van der Waals surface area contributed by atoms with Gasteiger partial charge in [-0.05, 0) is 61.9 Å². The maximum Gasteiger partial charge on any atom is 0.230 e. The van der Waals surface area contributed by atoms with Crippen molar-refractivity contribution in [3.63, 3.8) is 0 Å². The summed E-state index contributed by atoms with van der Waals surface area (Å²) in [6.07, 6.45) is 0. The minimum absolute atomic E-state index is 0.0795. The van der Waals surface area contributed by atoms with Crippen LogP contribution in [0.2, 0.25) is 0 Å². The summed E-state index contributed by atoms with van der Waals surface area (Å²) in [5, 5.41) is 12.5. The van der Waals surface area contributed by atoms with Gasteiger partial charge >= 0.3 is 0 Å². The average Bonchev–Trinajstić information content (AvgIpc) is 3.31. The zero-order valence-electron chi connectivity index (χ0n) is 20.0. The van der Waals surface area contributed by atoms with E-state index in [0.29, 0.717) is 18.3 Å². The normalized spacial score (nSPS) is 10.7. The Labute approximate surface area is 209 Å². The Morgan fingerprint density at radius 3 is 2.43 bits per heavy atom. The first-order valence-electron chi connectivity index (χ1n) is 11.4. The zero-order valence-corrected chi connectivity index (χ0v) is 20.8. The summed E-state index contributed by atoms with van der Waals surface area (Å²) in [5.41, 5.74) is 4.00. The Balaban J connectivity index is 1.52. The van der Waals surface area contributed by atoms with Gasteiger partial charge in [0.25, 0.3) is 0 Å². The highest BCUT2D eigenvalue weighted by molar-refractivity contribution is 7.99. The summed E-state index contributed by atoms with van der Waals surface area (Å²) in [6, 6.07) is 23.6. The second kappa shape index (κ2) is 11.6. The van der Waals surface area contributed by atoms with E-state index in [0.717, 1.165) is 39.7 Å². The molecule has 0 aliphatic rings. The van der Waals surface area contributed by atoms with Crippen LogP contribution in [-0.2, 0) is 11.3 Å². The number of amides is 1. The Hall–Kier alpha value is -3.78. The van der Waals surface area contributed by atoms with E-state index >= 15 is 0 Å². The van der Waals surface area contributed by atoms with Crippen molar-refractivity contribution in [2.45, 2.75) is 25.5 Å². The zero-order chi connectivity index (χ0) is 24.6. The van der Waals surface area contributed by atoms with Crippen molar-refractivity contribution in [3.05, 3.63) is 83.9 Å². The van der Waals surface area contributed by atoms with Crippen LogP contribution >= 0.6 is 11.8 Å². The lowest BCUT2D eigenvalue weighted by atomic mass is 10.1. The van der Waals surface area contributed by atoms with Crippen LogP contribution in [0.4, 0.5) is 0 Å². The molecule has 1 aromatic heterocycles. The van der Waals surface area contributed by atoms with Gasteiger partial charge in [-0.1, -0.05) is 47.7 Å². The second-order valence-electron chi connectivity index (χ2n) is 7.85. The lowest BCUT2D eigenvalue weighted by Gasteiger charge is -2.12. The molecule has 0 saturated carbocycles. The molecule has 180 valence electrons. The fraction of sp³-hybridized carbons (Fsp3) is 0.222. The smallest absolute Gasteiger partial charge is 0.230 e. The third-order valence-electron chi connectivity index (χ3n) is 5.30. The number of nitrogens with zero attached hydrogens (tertiary/aromatic N) is 3. The molecule has 35 heavy (non-hydrogen) atoms. The molecule has 0 saturated heterocycles. The van der Waals surface area contributed by atoms with Crippen molar-refractivity contribution < 1.29 is 14.3 Å². The van der Waals surface area contributed by atoms with E-state index in [-0.39, 0.29) is 11.7 Å². The molecule has 0 radical (unpaired) electrons. The quantitative estimate of drug-likeness (QED) is 0.315. The van der Waals surface area contributed by atoms with Crippen molar-refractivity contribution in [2.75, 3.05) is 19.5 Å². The molecule has 7 nitrogen and oxygen atoms in total. The fourth-order valence-electron chi connectivity index (χ4n) is 3.55. The second-order valence-corrected chi connectivity index (χ2v) is 8.79. The van der Waals surface area contributed by atoms with Gasteiger partial charge in [0.05, 0.1) is 19.5 Å². The number of nitrogens with one attached hydrogen (secondary N) is 1. The number of thioether (sulfide) groups is 1. The van der Waals surface area contributed by atoms with Gasteiger partial charge in [-0.25, -0.2) is 0 Å². The van der Waals surface area contributed by atoms with E-state index in [1.165, 1.54) is 11.8 Å². The largest absolute Gasteiger partial charge is 0.497 e. The van der Waals surface area contributed by atoms with Crippen LogP contribution in [0.5, 0.6) is 11.5 Å². The standard InChI is InChI=1S/C27H28N4O3S/c1-4-34-24-14-10-22(11-15-24)31-26(21-7-5-6-19(2)16-21)29-30-27(31)35-18-25(32)28-17-20-8-12-23(33-3)13-9-20/h5-16H,4,17-18H2,1-3H3,(H,28,32). The minimum Gasteiger partial charge on any atom is -0.497 e. The predicted octanol–water partition coefficient (Wildman–Crippen LogP) is 5.06. The van der Waals surface area contributed by atoms with Crippen molar-refractivity contribution in [3.8, 4) is 28.6 Å². The number of carbonyl (C=O) groups excluding carboxylic acids is 1. The highest BCUT2D eigenvalue weighted by Crippen LogP contribution is 2.29. The number of aryl methyl sites for hydroxylation is 1. The molecule has 1 N–H and O–H groups in total. The molecule has 0 unspecified atom stereocenters. The van der Waals surface area contributed by atoms with E-state index in [9.17, 15) is 4.79 Å². The first-order chi connectivity index (χ1) is 17.1. The lowest BCUT2D eigenvalue weighted by molar-refractivity contribution is -0.118. The molecule has 0 aliphatic heterocycles. The lowest BCUT2D eigenvalue weighted by Crippen LogP contribution is -2.24. The van der Waals surface area contributed by atoms with Gasteiger partial charge in [-0.15, -0.1) is 10.2 Å². The number of rotatable bonds is 10. The van der Waals surface area contributed by atoms with Crippen LogP contribution in [0.1, 0.15) is 18.1 Å². The van der Waals surface area contributed by atoms with Crippen molar-refractivity contribution in [2.24, 2.45) is 0 Å². The number of aromatic nitrogens is 3. The van der Waals surface area contributed by atoms with Crippen LogP contribution in [0, 0.1) is 6.92 Å². The molecule has 0 aliphatic carbocycles. The maximum atomic E-state index is 12.6. The van der Waals surface area contributed by atoms with Gasteiger partial charge < -0.3 is 14.8 Å². The number of ether oxygens (including phenoxy) is 2. The molecular weight excluding hydrogens is 460 g/mol. The molecule has 1 heterocycles. The fourth-order valence-corrected chi connectivity index (χ4v) is 4.33. The van der Waals surface area contributed by atoms with Gasteiger partial charge in [0.15, 0.2) is 11.0 Å². The number of hydrogen-bond donors (Lipinski definition) is 1. The van der Waals surface area contributed by atoms with Crippen LogP contribution in [0.3, 0.4) is 0 Å². The summed E-state index contributed by atoms with van der Waals surface area (Å²) in [4.78, 5) is 12.6. The number of hydrogen-bond acceptors (Lipinski definition) is 6. The van der Waals surface area contributed by atoms with Gasteiger partial charge in [0.2, 0.25) is 5.91 Å². The van der Waals surface area contributed by atoms with E-state index < -0.39 is 0 Å². The molecule has 4 aromatic rings. The van der Waals surface area contributed by atoms with E-state index in [1.807, 2.05) is 85.1 Å². The molecule has 4 rings (SSSR count). The third kappa shape index (κ3) is 6.22. The maximum absolute atomic E-state index is 12.6. The molecule has 0 bridgehead atoms. The number of methoxy groups -OCH3 is 1. The van der Waals surface area contributed by atoms with Crippen LogP contribution in [0.25, 0.3) is 17.1 Å². The summed E-state index contributed by atoms with van der Waals surface area (Å²) in [5.74, 6) is 2.45. The third-order valence-corrected chi connectivity index (χ3v) is 6.23. The van der Waals surface area contributed by atoms with Crippen LogP contribution in [0.15, 0.2) is 78.0 Å². The Kier molecular flexibility index (Phi) is 8.05. The summed E-state index contributed by atoms with van der Waals surface area (Å²) in [6.45, 7) is 5.05. The van der Waals surface area contributed by atoms with Crippen molar-refractivity contribution in [1.82, 2.24) is 20.1 Å². The van der Waals surface area contributed by atoms with Crippen molar-refractivity contribution in [1.29, 1.82) is 0 Å². The van der Waals surface area contributed by atoms with Gasteiger partial charge in [0.1, 0.15) is 11.5 Å². The van der Waals surface area contributed by atoms with Crippen LogP contribution < -0.4 is 14.8 Å². The molecule has 8 heteroatoms. The van der Waals surface area contributed by atoms with E-state index in [1.54, 1.807) is 7.11 Å². The van der Waals surface area contributed by atoms with E-state index in [2.05, 4.69) is 21.6 Å². The first kappa shape index (κ1) is 24.3. The Morgan fingerprint density at radius 1 is 1.00 bits per heavy atom. The Bertz CT molecular complexity index is 1270. The average molecular weight is 489 g/mol. The summed E-state index contributed by atoms with van der Waals surface area (Å²) >= 11 is 1.35. The minimum atomic E-state index is -0.0795. The highest BCUT2D eigenvalue weighted by Gasteiger charge is 2.17. The van der Waals surface area contributed by atoms with Gasteiger partial charge in [-0.2, -0.15) is 0 Å². The van der Waals surface area contributed by atoms with Crippen LogP contribution in [-0.4, -0.2) is 40.1 Å². The Morgan fingerprint density at radius 2 is 1.74 bits per heavy atom. The summed E-state index contributed by atoms with van der Waals surface area (Å²) < 4.78 is 12.7. The molecule has 0 spiro atoms. The summed E-state index contributed by atoms with van der Waals surface area (Å²) in [7, 11) is 1.63. The van der Waals surface area contributed by atoms with E-state index in [4.69, 9.17) is 9.47 Å². The molecule has 0 fully saturated rings. The molecular formula is C27H28N4O3S. The monoisotopic (exact) mass is 488 g/mol. The topological polar surface area (TPSA) is 78.3 Å². The van der Waals surface area contributed by atoms with Gasteiger partial charge in [-0.3, -0.25) is 9.36 Å². The predicted molar refractivity (Wildman–Crippen MR) is 138 cm³/mol. The number of benzene rings is 3. The first-order valence-corrected chi connectivity index (χ1v) is 12.3. The molecule has 0 atom stereocenters. The van der Waals surface area contributed by atoms with Crippen molar-refractivity contribution >= 4 is 17.7 Å².